The molecule has 0 spiro atoms. The second-order valence-corrected chi connectivity index (χ2v) is 0.100. The third-order valence-corrected chi connectivity index (χ3v) is 0. The van der Waals surface area contributed by atoms with Gasteiger partial charge in [0.1, 0.15) is 0 Å². The number of hydrogen-bond acceptors (Lipinski definition) is 1. The molecule has 5 heavy (non-hydrogen) atoms. The summed E-state index contributed by atoms with van der Waals surface area (Å²) < 4.78 is 0. The minimum absolute atomic E-state index is 0. The van der Waals surface area contributed by atoms with Gasteiger partial charge in [-0.3, -0.25) is 0 Å². The molecule has 0 bridgehead atoms. The van der Waals surface area contributed by atoms with Gasteiger partial charge >= 0.3 is 59.1 Å². The Balaban J connectivity index is -0.00000000667. The number of rotatable bonds is 0. The van der Waals surface area contributed by atoms with Gasteiger partial charge < -0.3 is 1.43 Å². The zero-order valence-electron chi connectivity index (χ0n) is 4.39. The van der Waals surface area contributed by atoms with Crippen molar-refractivity contribution in [3.8, 4) is 0 Å². The first kappa shape index (κ1) is 16.2. The van der Waals surface area contributed by atoms with Crippen LogP contribution in [-0.2, 0) is 0 Å². The quantitative estimate of drug-likeness (QED) is 0.134. The summed E-state index contributed by atoms with van der Waals surface area (Å²) in [6.45, 7) is 0. The monoisotopic (exact) mass is 90.0 g/mol. The van der Waals surface area contributed by atoms with E-state index in [2.05, 4.69) is 0 Å². The Hall–Kier alpha value is 1.31. The first-order chi connectivity index (χ1) is 1.41. The number of nitrogens with one attached hydrogen (secondary N) is 1. The summed E-state index contributed by atoms with van der Waals surface area (Å²) in [5.74, 6) is 0. The molecule has 3 nitrogen and oxygen atoms in total. The van der Waals surface area contributed by atoms with Gasteiger partial charge in [-0.25, -0.2) is 0 Å². The average Bonchev–Trinajstić information content (AvgIpc) is 0.918. The Labute approximate surface area is 75.6 Å². The van der Waals surface area contributed by atoms with Crippen molar-refractivity contribution < 1.29 is 60.5 Å². The van der Waals surface area contributed by atoms with Crippen LogP contribution in [0.4, 0.5) is 0 Å². The molecule has 0 atom stereocenters. The molecule has 0 fully saturated rings. The molecule has 0 aromatic rings. The molecule has 0 aliphatic carbocycles. The summed E-state index contributed by atoms with van der Waals surface area (Å²) >= 11 is 0. The molecule has 0 unspecified atom stereocenters. The average molecular weight is 90.0 g/mol. The molecule has 0 heterocycles. The van der Waals surface area contributed by atoms with Crippen molar-refractivity contribution in [3.63, 3.8) is 0 Å². The second-order valence-electron chi connectivity index (χ2n) is 0.100. The van der Waals surface area contributed by atoms with E-state index in [0.29, 0.717) is 0 Å². The Kier molecular flexibility index (Phi) is 60.0. The van der Waals surface area contributed by atoms with E-state index in [1.54, 1.807) is 4.91 Å². The fourth-order valence-corrected chi connectivity index (χ4v) is 0. The maximum absolute atomic E-state index is 6.86. The van der Waals surface area contributed by atoms with Crippen molar-refractivity contribution in [3.05, 3.63) is 10.4 Å². The second kappa shape index (κ2) is 18.5. The molecule has 0 aromatic carbocycles. The summed E-state index contributed by atoms with van der Waals surface area (Å²) in [5.41, 5.74) is 12.2. The first-order valence-electron chi connectivity index (χ1n) is 0.424. The largest absolute Gasteiger partial charge is 1.00 e. The van der Waals surface area contributed by atoms with E-state index < -0.39 is 0 Å². The van der Waals surface area contributed by atoms with Crippen LogP contribution in [0.5, 0.6) is 0 Å². The van der Waals surface area contributed by atoms with Crippen LogP contribution in [0, 0.1) is 5.53 Å². The SMILES string of the molecule is [H-].[N-]=[N+]=N.[Na+].[Na+]. The topological polar surface area (TPSA) is 60.3 Å². The van der Waals surface area contributed by atoms with Crippen LogP contribution >= 0.6 is 0 Å². The Morgan fingerprint density at radius 2 is 1.60 bits per heavy atom. The first-order valence-corrected chi connectivity index (χ1v) is 0.424. The van der Waals surface area contributed by atoms with Gasteiger partial charge in [0.2, 0.25) is 0 Å². The third kappa shape index (κ3) is 33.9. The van der Waals surface area contributed by atoms with E-state index in [1.807, 2.05) is 0 Å². The molecule has 0 saturated heterocycles. The zero-order valence-corrected chi connectivity index (χ0v) is 7.39. The van der Waals surface area contributed by atoms with Crippen LogP contribution in [0.25, 0.3) is 10.4 Å². The van der Waals surface area contributed by atoms with Crippen LogP contribution in [0.15, 0.2) is 0 Å². The van der Waals surface area contributed by atoms with E-state index >= 15 is 0 Å². The molecule has 5 heteroatoms. The van der Waals surface area contributed by atoms with Gasteiger partial charge in [-0.05, 0) is 10.4 Å². The van der Waals surface area contributed by atoms with Gasteiger partial charge in [0.15, 0.2) is 0 Å². The van der Waals surface area contributed by atoms with Gasteiger partial charge in [0.05, 0.1) is 0 Å². The normalized spacial score (nSPS) is 1.60. The third-order valence-electron chi connectivity index (χ3n) is 0. The summed E-state index contributed by atoms with van der Waals surface area (Å²) in [6.07, 6.45) is 0. The molecular formula is H2N3Na2+. The molecular weight excluding hydrogens is 88.0 g/mol. The summed E-state index contributed by atoms with van der Waals surface area (Å²) in [6, 6.07) is 0. The summed E-state index contributed by atoms with van der Waals surface area (Å²) in [5, 5.41) is 0. The van der Waals surface area contributed by atoms with Gasteiger partial charge in [-0.2, -0.15) is 0 Å². The van der Waals surface area contributed by atoms with E-state index in [9.17, 15) is 0 Å². The molecule has 0 amide bonds. The van der Waals surface area contributed by atoms with Crippen LogP contribution in [-0.4, -0.2) is 0 Å². The van der Waals surface area contributed by atoms with E-state index in [1.165, 1.54) is 0 Å². The van der Waals surface area contributed by atoms with Crippen LogP contribution in [0.3, 0.4) is 0 Å². The molecule has 1 N–H and O–H groups in total. The maximum atomic E-state index is 6.86. The fourth-order valence-electron chi connectivity index (χ4n) is 0. The van der Waals surface area contributed by atoms with Crippen LogP contribution < -0.4 is 59.1 Å². The summed E-state index contributed by atoms with van der Waals surface area (Å²) in [7, 11) is 0. The van der Waals surface area contributed by atoms with Crippen molar-refractivity contribution >= 4 is 0 Å². The number of hydrogen-bond donors (Lipinski definition) is 1. The standard InChI is InChI=1S/HN3.2Na.H/c1-3-2;;;/h1H;;;/q;2*+1;-1. The van der Waals surface area contributed by atoms with Gasteiger partial charge in [-0.1, -0.05) is 0 Å². The van der Waals surface area contributed by atoms with Gasteiger partial charge in [0.25, 0.3) is 0 Å². The van der Waals surface area contributed by atoms with Gasteiger partial charge in [0, 0.05) is 0 Å². The van der Waals surface area contributed by atoms with Crippen molar-refractivity contribution in [2.75, 3.05) is 0 Å². The van der Waals surface area contributed by atoms with E-state index in [4.69, 9.17) is 11.1 Å². The molecule has 0 radical (unpaired) electrons. The smallest absolute Gasteiger partial charge is 1.00 e. The predicted octanol–water partition coefficient (Wildman–Crippen LogP) is -5.00. The van der Waals surface area contributed by atoms with Crippen molar-refractivity contribution in [1.29, 1.82) is 5.53 Å². The molecule has 0 rings (SSSR count). The minimum atomic E-state index is 0. The predicted molar refractivity (Wildman–Crippen MR) is 10.5 cm³/mol. The van der Waals surface area contributed by atoms with E-state index in [0.717, 1.165) is 0 Å². The Morgan fingerprint density at radius 1 is 1.60 bits per heavy atom. The molecule has 0 aromatic heterocycles. The van der Waals surface area contributed by atoms with Crippen LogP contribution in [0.1, 0.15) is 1.43 Å². The van der Waals surface area contributed by atoms with Gasteiger partial charge in [-0.15, -0.1) is 5.53 Å². The zero-order chi connectivity index (χ0) is 2.71. The maximum Gasteiger partial charge on any atom is 1.00 e. The fraction of sp³-hybridized carbons (Fsp3) is 0. The van der Waals surface area contributed by atoms with Crippen molar-refractivity contribution in [2.24, 2.45) is 0 Å². The van der Waals surface area contributed by atoms with E-state index in [-0.39, 0.29) is 60.5 Å². The van der Waals surface area contributed by atoms with Crippen molar-refractivity contribution in [1.82, 2.24) is 0 Å². The van der Waals surface area contributed by atoms with Crippen molar-refractivity contribution in [2.45, 2.75) is 0 Å². The summed E-state index contributed by atoms with van der Waals surface area (Å²) in [4.78, 5) is 1.75. The number of nitrogens with zero attached hydrogens (tertiary/aromatic N) is 2. The Bertz CT molecular complexity index is 29.8. The Morgan fingerprint density at radius 3 is 1.60 bits per heavy atom. The minimum Gasteiger partial charge on any atom is -1.00 e. The molecule has 0 saturated carbocycles. The van der Waals surface area contributed by atoms with Crippen LogP contribution in [0.2, 0.25) is 0 Å². The molecule has 0 aliphatic heterocycles. The molecule has 18 valence electrons. The molecule has 0 aliphatic rings.